The summed E-state index contributed by atoms with van der Waals surface area (Å²) in [4.78, 5) is 15.1. The van der Waals surface area contributed by atoms with Gasteiger partial charge in [0.05, 0.1) is 35.2 Å². The quantitative estimate of drug-likeness (QED) is 0.846. The molecule has 2 aromatic rings. The van der Waals surface area contributed by atoms with Gasteiger partial charge in [0.25, 0.3) is 5.91 Å². The Labute approximate surface area is 153 Å². The van der Waals surface area contributed by atoms with E-state index in [0.717, 1.165) is 31.4 Å². The minimum absolute atomic E-state index is 0.0212. The molecule has 0 unspecified atom stereocenters. The van der Waals surface area contributed by atoms with E-state index in [9.17, 15) is 4.79 Å². The minimum Gasteiger partial charge on any atom is -0.381 e. The van der Waals surface area contributed by atoms with E-state index in [-0.39, 0.29) is 23.7 Å². The van der Waals surface area contributed by atoms with E-state index >= 15 is 0 Å². The van der Waals surface area contributed by atoms with Gasteiger partial charge >= 0.3 is 0 Å². The third kappa shape index (κ3) is 2.83. The average molecular weight is 355 g/mol. The molecule has 1 aliphatic carbocycles. The van der Waals surface area contributed by atoms with Crippen LogP contribution in [0.2, 0.25) is 0 Å². The summed E-state index contributed by atoms with van der Waals surface area (Å²) >= 11 is 0. The second-order valence-electron chi connectivity index (χ2n) is 7.17. The summed E-state index contributed by atoms with van der Waals surface area (Å²) in [6.45, 7) is 0.713. The summed E-state index contributed by atoms with van der Waals surface area (Å²) < 4.78 is 13.2. The molecule has 1 saturated carbocycles. The Morgan fingerprint density at radius 2 is 2.04 bits per heavy atom. The van der Waals surface area contributed by atoms with Gasteiger partial charge in [0.2, 0.25) is 0 Å². The number of aromatic nitrogens is 2. The predicted octanol–water partition coefficient (Wildman–Crippen LogP) is 2.67. The summed E-state index contributed by atoms with van der Waals surface area (Å²) in [5.41, 5.74) is 1.32. The van der Waals surface area contributed by atoms with Crippen molar-refractivity contribution in [3.63, 3.8) is 0 Å². The number of fused-ring (bicyclic) bond motifs is 1. The molecular weight excluding hydrogens is 330 g/mol. The highest BCUT2D eigenvalue weighted by Crippen LogP contribution is 2.43. The Bertz CT molecular complexity index is 776. The third-order valence-electron chi connectivity index (χ3n) is 5.99. The van der Waals surface area contributed by atoms with E-state index in [1.54, 1.807) is 31.3 Å². The molecule has 0 bridgehead atoms. The highest BCUT2D eigenvalue weighted by molar-refractivity contribution is 5.94. The summed E-state index contributed by atoms with van der Waals surface area (Å²) in [7, 11) is 3.51. The van der Waals surface area contributed by atoms with Crippen molar-refractivity contribution >= 4 is 5.91 Å². The van der Waals surface area contributed by atoms with Crippen molar-refractivity contribution in [3.8, 4) is 5.69 Å². The topological polar surface area (TPSA) is 56.6 Å². The van der Waals surface area contributed by atoms with Crippen LogP contribution in [0.5, 0.6) is 0 Å². The second kappa shape index (κ2) is 6.85. The van der Waals surface area contributed by atoms with E-state index in [1.807, 2.05) is 35.2 Å². The Kier molecular flexibility index (Phi) is 4.54. The van der Waals surface area contributed by atoms with Crippen molar-refractivity contribution in [1.82, 2.24) is 14.7 Å². The van der Waals surface area contributed by atoms with Gasteiger partial charge in [-0.15, -0.1) is 0 Å². The van der Waals surface area contributed by atoms with Gasteiger partial charge in [0, 0.05) is 27.0 Å². The molecule has 2 heterocycles. The van der Waals surface area contributed by atoms with Crippen LogP contribution >= 0.6 is 0 Å². The first-order chi connectivity index (χ1) is 12.7. The monoisotopic (exact) mass is 355 g/mol. The maximum Gasteiger partial charge on any atom is 0.257 e. The highest BCUT2D eigenvalue weighted by atomic mass is 16.5. The molecule has 1 saturated heterocycles. The van der Waals surface area contributed by atoms with Gasteiger partial charge in [-0.2, -0.15) is 5.10 Å². The predicted molar refractivity (Wildman–Crippen MR) is 97.4 cm³/mol. The number of likely N-dealkylation sites (tertiary alicyclic amines) is 1. The van der Waals surface area contributed by atoms with Crippen LogP contribution in [-0.4, -0.2) is 59.1 Å². The van der Waals surface area contributed by atoms with Crippen molar-refractivity contribution in [3.05, 3.63) is 48.3 Å². The number of carbonyl (C=O) groups excluding carboxylic acids is 1. The number of nitrogens with zero attached hydrogens (tertiary/aromatic N) is 3. The standard InChI is InChI=1S/C20H25N3O3/c1-25-17-8-9-20(26-2)10-11-22(18(20)12-17)19(24)15-13-21-23(14-15)16-6-4-3-5-7-16/h3-7,13-14,17-18H,8-12H2,1-2H3/t17-,18+,20-/m1/s1. The molecule has 26 heavy (non-hydrogen) atoms. The molecule has 0 radical (unpaired) electrons. The molecule has 2 aliphatic rings. The van der Waals surface area contributed by atoms with Crippen LogP contribution < -0.4 is 0 Å². The number of benzene rings is 1. The molecule has 1 aromatic carbocycles. The van der Waals surface area contributed by atoms with Crippen LogP contribution in [0.3, 0.4) is 0 Å². The second-order valence-corrected chi connectivity index (χ2v) is 7.17. The van der Waals surface area contributed by atoms with Crippen LogP contribution in [0.4, 0.5) is 0 Å². The summed E-state index contributed by atoms with van der Waals surface area (Å²) in [6.07, 6.45) is 7.25. The van der Waals surface area contributed by atoms with Crippen molar-refractivity contribution < 1.29 is 14.3 Å². The Hall–Kier alpha value is -2.18. The SMILES string of the molecule is CO[C@@H]1CC[C@@]2(OC)CCN(C(=O)c3cnn(-c4ccccc4)c3)[C@H]2C1. The summed E-state index contributed by atoms with van der Waals surface area (Å²) in [6, 6.07) is 9.87. The number of ether oxygens (including phenoxy) is 2. The summed E-state index contributed by atoms with van der Waals surface area (Å²) in [5.74, 6) is 0.0212. The van der Waals surface area contributed by atoms with Crippen molar-refractivity contribution in [2.45, 2.75) is 43.4 Å². The number of hydrogen-bond donors (Lipinski definition) is 0. The van der Waals surface area contributed by atoms with Crippen molar-refractivity contribution in [1.29, 1.82) is 0 Å². The zero-order chi connectivity index (χ0) is 18.1. The zero-order valence-electron chi connectivity index (χ0n) is 15.3. The average Bonchev–Trinajstić information content (AvgIpc) is 3.33. The van der Waals surface area contributed by atoms with Gasteiger partial charge in [-0.3, -0.25) is 4.79 Å². The fourth-order valence-electron chi connectivity index (χ4n) is 4.44. The van der Waals surface area contributed by atoms with Gasteiger partial charge < -0.3 is 14.4 Å². The number of amides is 1. The van der Waals surface area contributed by atoms with Crippen molar-refractivity contribution in [2.75, 3.05) is 20.8 Å². The molecule has 1 amide bonds. The van der Waals surface area contributed by atoms with E-state index in [0.29, 0.717) is 12.1 Å². The van der Waals surface area contributed by atoms with Gasteiger partial charge in [0.1, 0.15) is 0 Å². The molecule has 6 heteroatoms. The third-order valence-corrected chi connectivity index (χ3v) is 5.99. The molecule has 2 fully saturated rings. The molecule has 0 N–H and O–H groups in total. The minimum atomic E-state index is -0.236. The van der Waals surface area contributed by atoms with Crippen LogP contribution in [0.1, 0.15) is 36.0 Å². The van der Waals surface area contributed by atoms with Crippen LogP contribution in [0.25, 0.3) is 5.69 Å². The lowest BCUT2D eigenvalue weighted by atomic mass is 9.79. The molecule has 3 atom stereocenters. The van der Waals surface area contributed by atoms with E-state index in [2.05, 4.69) is 5.10 Å². The molecule has 4 rings (SSSR count). The lowest BCUT2D eigenvalue weighted by molar-refractivity contribution is -0.0893. The van der Waals surface area contributed by atoms with E-state index in [1.165, 1.54) is 0 Å². The van der Waals surface area contributed by atoms with Gasteiger partial charge in [0.15, 0.2) is 0 Å². The maximum atomic E-state index is 13.2. The fourth-order valence-corrected chi connectivity index (χ4v) is 4.44. The first-order valence-corrected chi connectivity index (χ1v) is 9.16. The Morgan fingerprint density at radius 3 is 2.77 bits per heavy atom. The molecule has 6 nitrogen and oxygen atoms in total. The smallest absolute Gasteiger partial charge is 0.257 e. The Morgan fingerprint density at radius 1 is 1.23 bits per heavy atom. The first-order valence-electron chi connectivity index (χ1n) is 9.16. The zero-order valence-corrected chi connectivity index (χ0v) is 15.3. The molecule has 1 aromatic heterocycles. The Balaban J connectivity index is 1.57. The number of para-hydroxylation sites is 1. The largest absolute Gasteiger partial charge is 0.381 e. The maximum absolute atomic E-state index is 13.2. The fraction of sp³-hybridized carbons (Fsp3) is 0.500. The summed E-state index contributed by atoms with van der Waals surface area (Å²) in [5, 5.41) is 4.36. The number of rotatable bonds is 4. The van der Waals surface area contributed by atoms with Gasteiger partial charge in [-0.05, 0) is 37.8 Å². The number of carbonyl (C=O) groups is 1. The molecule has 1 aliphatic heterocycles. The normalized spacial score (nSPS) is 28.2. The molecule has 138 valence electrons. The number of hydrogen-bond acceptors (Lipinski definition) is 4. The van der Waals surface area contributed by atoms with E-state index in [4.69, 9.17) is 9.47 Å². The highest BCUT2D eigenvalue weighted by Gasteiger charge is 2.52. The van der Waals surface area contributed by atoms with Crippen LogP contribution in [0, 0.1) is 0 Å². The van der Waals surface area contributed by atoms with Gasteiger partial charge in [-0.1, -0.05) is 18.2 Å². The lowest BCUT2D eigenvalue weighted by Gasteiger charge is -2.43. The first kappa shape index (κ1) is 17.2. The molecule has 0 spiro atoms. The lowest BCUT2D eigenvalue weighted by Crippen LogP contribution is -2.53. The molecular formula is C20H25N3O3. The van der Waals surface area contributed by atoms with Crippen molar-refractivity contribution in [2.24, 2.45) is 0 Å². The van der Waals surface area contributed by atoms with E-state index < -0.39 is 0 Å². The van der Waals surface area contributed by atoms with Crippen LogP contribution in [-0.2, 0) is 9.47 Å². The van der Waals surface area contributed by atoms with Gasteiger partial charge in [-0.25, -0.2) is 4.68 Å². The van der Waals surface area contributed by atoms with Crippen LogP contribution in [0.15, 0.2) is 42.7 Å². The number of methoxy groups -OCH3 is 2.